The first-order valence-electron chi connectivity index (χ1n) is 5.95. The molecule has 0 spiro atoms. The number of methoxy groups -OCH3 is 1. The highest BCUT2D eigenvalue weighted by molar-refractivity contribution is 7.13. The molecular formula is C13H14N2O2S. The van der Waals surface area contributed by atoms with Crippen LogP contribution < -0.4 is 4.74 Å². The number of ether oxygens (including phenoxy) is 2. The fourth-order valence-corrected chi connectivity index (χ4v) is 2.84. The third-order valence-electron chi connectivity index (χ3n) is 2.93. The second kappa shape index (κ2) is 5.04. The van der Waals surface area contributed by atoms with Crippen molar-refractivity contribution in [2.75, 3.05) is 13.7 Å². The number of pyridine rings is 1. The molecule has 0 aliphatic carbocycles. The summed E-state index contributed by atoms with van der Waals surface area (Å²) in [6.07, 6.45) is 2.35. The van der Waals surface area contributed by atoms with E-state index in [4.69, 9.17) is 9.47 Å². The van der Waals surface area contributed by atoms with Crippen LogP contribution in [0, 0.1) is 0 Å². The summed E-state index contributed by atoms with van der Waals surface area (Å²) >= 11 is 1.60. The third kappa shape index (κ3) is 2.23. The monoisotopic (exact) mass is 262 g/mol. The van der Waals surface area contributed by atoms with Crippen LogP contribution >= 0.6 is 11.3 Å². The van der Waals surface area contributed by atoms with Gasteiger partial charge in [-0.05, 0) is 18.9 Å². The van der Waals surface area contributed by atoms with E-state index >= 15 is 0 Å². The van der Waals surface area contributed by atoms with Crippen molar-refractivity contribution in [2.24, 2.45) is 0 Å². The molecule has 0 N–H and O–H groups in total. The van der Waals surface area contributed by atoms with Gasteiger partial charge >= 0.3 is 0 Å². The van der Waals surface area contributed by atoms with Crippen LogP contribution in [0.4, 0.5) is 0 Å². The summed E-state index contributed by atoms with van der Waals surface area (Å²) in [5, 5.41) is 2.98. The van der Waals surface area contributed by atoms with E-state index in [0.29, 0.717) is 5.88 Å². The second-order valence-corrected chi connectivity index (χ2v) is 5.00. The Labute approximate surface area is 110 Å². The van der Waals surface area contributed by atoms with Crippen LogP contribution in [-0.4, -0.2) is 23.7 Å². The number of thiazole rings is 1. The van der Waals surface area contributed by atoms with Gasteiger partial charge in [-0.1, -0.05) is 6.07 Å². The quantitative estimate of drug-likeness (QED) is 0.852. The molecule has 1 fully saturated rings. The molecule has 1 aliphatic heterocycles. The van der Waals surface area contributed by atoms with E-state index < -0.39 is 0 Å². The van der Waals surface area contributed by atoms with Gasteiger partial charge < -0.3 is 9.47 Å². The summed E-state index contributed by atoms with van der Waals surface area (Å²) in [6.45, 7) is 0.842. The first-order chi connectivity index (χ1) is 8.86. The van der Waals surface area contributed by atoms with E-state index in [1.807, 2.05) is 18.2 Å². The molecule has 5 heteroatoms. The topological polar surface area (TPSA) is 44.2 Å². The summed E-state index contributed by atoms with van der Waals surface area (Å²) in [6, 6.07) is 5.70. The summed E-state index contributed by atoms with van der Waals surface area (Å²) in [5.74, 6) is 0.612. The molecule has 2 aromatic heterocycles. The lowest BCUT2D eigenvalue weighted by molar-refractivity contribution is 0.109. The van der Waals surface area contributed by atoms with Gasteiger partial charge in [0.05, 0.1) is 12.8 Å². The minimum Gasteiger partial charge on any atom is -0.481 e. The molecule has 3 rings (SSSR count). The molecule has 1 aliphatic rings. The number of rotatable bonds is 3. The molecule has 2 aromatic rings. The van der Waals surface area contributed by atoms with Crippen LogP contribution in [0.15, 0.2) is 23.6 Å². The van der Waals surface area contributed by atoms with E-state index in [0.717, 1.165) is 35.8 Å². The smallest absolute Gasteiger partial charge is 0.213 e. The van der Waals surface area contributed by atoms with Crippen molar-refractivity contribution in [2.45, 2.75) is 18.9 Å². The summed E-state index contributed by atoms with van der Waals surface area (Å²) in [4.78, 5) is 9.00. The average Bonchev–Trinajstić information content (AvgIpc) is 3.09. The van der Waals surface area contributed by atoms with Gasteiger partial charge in [0.15, 0.2) is 0 Å². The maximum Gasteiger partial charge on any atom is 0.213 e. The third-order valence-corrected chi connectivity index (χ3v) is 3.82. The number of nitrogens with zero attached hydrogens (tertiary/aromatic N) is 2. The lowest BCUT2D eigenvalue weighted by Gasteiger charge is -2.04. The summed E-state index contributed by atoms with van der Waals surface area (Å²) in [5.41, 5.74) is 1.88. The zero-order chi connectivity index (χ0) is 12.4. The van der Waals surface area contributed by atoms with E-state index in [-0.39, 0.29) is 6.10 Å². The number of hydrogen-bond acceptors (Lipinski definition) is 5. The van der Waals surface area contributed by atoms with E-state index in [1.165, 1.54) is 0 Å². The molecule has 4 nitrogen and oxygen atoms in total. The van der Waals surface area contributed by atoms with Crippen molar-refractivity contribution in [3.63, 3.8) is 0 Å². The van der Waals surface area contributed by atoms with Crippen molar-refractivity contribution < 1.29 is 9.47 Å². The minimum absolute atomic E-state index is 0.167. The van der Waals surface area contributed by atoms with Gasteiger partial charge in [-0.3, -0.25) is 0 Å². The Morgan fingerprint density at radius 1 is 1.39 bits per heavy atom. The fourth-order valence-electron chi connectivity index (χ4n) is 2.01. The normalized spacial score (nSPS) is 19.1. The first kappa shape index (κ1) is 11.6. The van der Waals surface area contributed by atoms with Gasteiger partial charge in [-0.25, -0.2) is 9.97 Å². The molecule has 0 radical (unpaired) electrons. The molecule has 1 atom stereocenters. The molecule has 94 valence electrons. The standard InChI is InChI=1S/C13H14N2O2S/c1-16-12-6-2-4-9(14-12)13-15-10(8-18-13)11-5-3-7-17-11/h2,4,6,8,11H,3,5,7H2,1H3. The molecule has 0 bridgehead atoms. The van der Waals surface area contributed by atoms with Gasteiger partial charge in [0, 0.05) is 18.1 Å². The van der Waals surface area contributed by atoms with Gasteiger partial charge in [0.1, 0.15) is 16.8 Å². The van der Waals surface area contributed by atoms with E-state index in [2.05, 4.69) is 15.3 Å². The molecule has 1 saturated heterocycles. The van der Waals surface area contributed by atoms with Crippen LogP contribution in [0.3, 0.4) is 0 Å². The minimum atomic E-state index is 0.167. The highest BCUT2D eigenvalue weighted by Gasteiger charge is 2.20. The van der Waals surface area contributed by atoms with Crippen molar-refractivity contribution >= 4 is 11.3 Å². The fraction of sp³-hybridized carbons (Fsp3) is 0.385. The van der Waals surface area contributed by atoms with Crippen LogP contribution in [0.5, 0.6) is 5.88 Å². The summed E-state index contributed by atoms with van der Waals surface area (Å²) < 4.78 is 10.8. The van der Waals surface area contributed by atoms with Gasteiger partial charge in [-0.2, -0.15) is 0 Å². The van der Waals surface area contributed by atoms with Gasteiger partial charge in [0.25, 0.3) is 0 Å². The maximum absolute atomic E-state index is 5.63. The van der Waals surface area contributed by atoms with Crippen molar-refractivity contribution in [3.8, 4) is 16.6 Å². The Hall–Kier alpha value is -1.46. The van der Waals surface area contributed by atoms with Gasteiger partial charge in [-0.15, -0.1) is 11.3 Å². The lowest BCUT2D eigenvalue weighted by atomic mass is 10.2. The average molecular weight is 262 g/mol. The van der Waals surface area contributed by atoms with Gasteiger partial charge in [0.2, 0.25) is 5.88 Å². The lowest BCUT2D eigenvalue weighted by Crippen LogP contribution is -1.96. The van der Waals surface area contributed by atoms with Crippen molar-refractivity contribution in [1.29, 1.82) is 0 Å². The van der Waals surface area contributed by atoms with Crippen molar-refractivity contribution in [1.82, 2.24) is 9.97 Å². The highest BCUT2D eigenvalue weighted by Crippen LogP contribution is 2.32. The van der Waals surface area contributed by atoms with Crippen LogP contribution in [0.25, 0.3) is 10.7 Å². The molecule has 0 aromatic carbocycles. The molecule has 0 saturated carbocycles. The first-order valence-corrected chi connectivity index (χ1v) is 6.83. The highest BCUT2D eigenvalue weighted by atomic mass is 32.1. The molecule has 0 amide bonds. The zero-order valence-electron chi connectivity index (χ0n) is 10.1. The van der Waals surface area contributed by atoms with Crippen LogP contribution in [-0.2, 0) is 4.74 Å². The molecular weight excluding hydrogens is 248 g/mol. The largest absolute Gasteiger partial charge is 0.481 e. The SMILES string of the molecule is COc1cccc(-c2nc(C3CCCO3)cs2)n1. The summed E-state index contributed by atoms with van der Waals surface area (Å²) in [7, 11) is 1.62. The molecule has 18 heavy (non-hydrogen) atoms. The second-order valence-electron chi connectivity index (χ2n) is 4.14. The van der Waals surface area contributed by atoms with Crippen molar-refractivity contribution in [3.05, 3.63) is 29.3 Å². The Kier molecular flexibility index (Phi) is 3.25. The zero-order valence-corrected chi connectivity index (χ0v) is 10.9. The predicted octanol–water partition coefficient (Wildman–Crippen LogP) is 3.07. The Morgan fingerprint density at radius 3 is 3.11 bits per heavy atom. The van der Waals surface area contributed by atoms with E-state index in [1.54, 1.807) is 18.4 Å². The number of aromatic nitrogens is 2. The van der Waals surface area contributed by atoms with E-state index in [9.17, 15) is 0 Å². The van der Waals surface area contributed by atoms with Crippen LogP contribution in [0.2, 0.25) is 0 Å². The Bertz CT molecular complexity index is 535. The Balaban J connectivity index is 1.87. The van der Waals surface area contributed by atoms with Crippen LogP contribution in [0.1, 0.15) is 24.6 Å². The molecule has 3 heterocycles. The maximum atomic E-state index is 5.63. The Morgan fingerprint density at radius 2 is 2.33 bits per heavy atom. The number of hydrogen-bond donors (Lipinski definition) is 0. The molecule has 1 unspecified atom stereocenters. The predicted molar refractivity (Wildman–Crippen MR) is 69.8 cm³/mol.